The zero-order valence-electron chi connectivity index (χ0n) is 31.3. The van der Waals surface area contributed by atoms with Crippen molar-refractivity contribution < 1.29 is 38.5 Å². The molecule has 3 saturated heterocycles. The molecule has 8 atom stereocenters. The lowest BCUT2D eigenvalue weighted by Crippen LogP contribution is -2.59. The van der Waals surface area contributed by atoms with Gasteiger partial charge in [-0.1, -0.05) is 103 Å². The highest BCUT2D eigenvalue weighted by Gasteiger charge is 2.75. The van der Waals surface area contributed by atoms with Gasteiger partial charge in [-0.15, -0.1) is 13.2 Å². The van der Waals surface area contributed by atoms with Crippen LogP contribution in [0.2, 0.25) is 0 Å². The Kier molecular flexibility index (Phi) is 13.0. The second kappa shape index (κ2) is 18.0. The van der Waals surface area contributed by atoms with Crippen LogP contribution < -0.4 is 5.32 Å². The van der Waals surface area contributed by atoms with Gasteiger partial charge >= 0.3 is 5.97 Å². The van der Waals surface area contributed by atoms with E-state index in [9.17, 15) is 14.7 Å². The number of carbonyl (C=O) groups is 4. The van der Waals surface area contributed by atoms with E-state index in [1.165, 1.54) is 12.0 Å². The molecule has 11 heteroatoms. The quantitative estimate of drug-likeness (QED) is 0.135. The van der Waals surface area contributed by atoms with Gasteiger partial charge in [0.05, 0.1) is 43.2 Å². The van der Waals surface area contributed by atoms with Crippen molar-refractivity contribution in [3.05, 3.63) is 133 Å². The first-order valence-electron chi connectivity index (χ1n) is 19.0. The molecule has 0 radical (unpaired) electrons. The third-order valence-electron chi connectivity index (χ3n) is 11.0. The van der Waals surface area contributed by atoms with E-state index >= 15 is 9.59 Å². The average Bonchev–Trinajstić information content (AvgIpc) is 3.86. The molecule has 11 nitrogen and oxygen atoms in total. The largest absolute Gasteiger partial charge is 0.455 e. The van der Waals surface area contributed by atoms with Gasteiger partial charge in [-0.25, -0.2) is 0 Å². The second-order valence-electron chi connectivity index (χ2n) is 14.5. The summed E-state index contributed by atoms with van der Waals surface area (Å²) in [4.78, 5) is 60.8. The summed E-state index contributed by atoms with van der Waals surface area (Å²) in [6.45, 7) is 7.72. The van der Waals surface area contributed by atoms with E-state index in [0.29, 0.717) is 24.8 Å². The number of aliphatic hydroxyl groups is 1. The van der Waals surface area contributed by atoms with Gasteiger partial charge in [-0.2, -0.15) is 0 Å². The molecule has 3 fully saturated rings. The predicted molar refractivity (Wildman–Crippen MR) is 206 cm³/mol. The number of carbonyl (C=O) groups excluding carboxylic acids is 4. The van der Waals surface area contributed by atoms with E-state index in [1.807, 2.05) is 91.0 Å². The van der Waals surface area contributed by atoms with Gasteiger partial charge in [0.25, 0.3) is 0 Å². The minimum Gasteiger partial charge on any atom is -0.455 e. The molecule has 3 aliphatic heterocycles. The van der Waals surface area contributed by atoms with Crippen molar-refractivity contribution in [3.8, 4) is 0 Å². The van der Waals surface area contributed by atoms with E-state index in [-0.39, 0.29) is 44.4 Å². The van der Waals surface area contributed by atoms with Gasteiger partial charge in [-0.05, 0) is 42.4 Å². The van der Waals surface area contributed by atoms with Gasteiger partial charge in [0.15, 0.2) is 0 Å². The molecule has 0 unspecified atom stereocenters. The van der Waals surface area contributed by atoms with Gasteiger partial charge in [0.2, 0.25) is 17.7 Å². The van der Waals surface area contributed by atoms with Crippen LogP contribution in [-0.4, -0.2) is 95.3 Å². The number of amides is 3. The molecule has 0 saturated carbocycles. The smallest absolute Gasteiger partial charge is 0.313 e. The summed E-state index contributed by atoms with van der Waals surface area (Å²) < 4.78 is 18.6. The Hall–Kier alpha value is -5.10. The Morgan fingerprint density at radius 3 is 2.27 bits per heavy atom. The summed E-state index contributed by atoms with van der Waals surface area (Å²) in [5.41, 5.74) is 1.08. The van der Waals surface area contributed by atoms with E-state index < -0.39 is 66.3 Å². The molecule has 3 aromatic carbocycles. The lowest BCUT2D eigenvalue weighted by Gasteiger charge is -2.39. The van der Waals surface area contributed by atoms with Crippen LogP contribution >= 0.6 is 0 Å². The number of esters is 1. The lowest BCUT2D eigenvalue weighted by molar-refractivity contribution is -0.163. The second-order valence-corrected chi connectivity index (χ2v) is 14.5. The van der Waals surface area contributed by atoms with Crippen LogP contribution in [0.3, 0.4) is 0 Å². The molecule has 6 rings (SSSR count). The maximum Gasteiger partial charge on any atom is 0.313 e. The van der Waals surface area contributed by atoms with Crippen LogP contribution in [0, 0.1) is 11.8 Å². The van der Waals surface area contributed by atoms with Crippen molar-refractivity contribution in [2.24, 2.45) is 11.8 Å². The minimum atomic E-state index is -1.34. The van der Waals surface area contributed by atoms with Crippen molar-refractivity contribution in [3.63, 3.8) is 0 Å². The van der Waals surface area contributed by atoms with Crippen LogP contribution in [-0.2, 0) is 46.4 Å². The number of likely N-dealkylation sites (tertiary alicyclic amines) is 1. The predicted octanol–water partition coefficient (Wildman–Crippen LogP) is 4.56. The molecular formula is C44H51N3O8. The molecule has 3 aromatic rings. The molecule has 2 N–H and O–H groups in total. The number of rotatable bonds is 19. The molecule has 55 heavy (non-hydrogen) atoms. The summed E-state index contributed by atoms with van der Waals surface area (Å²) in [6.07, 6.45) is 3.42. The number of ether oxygens (including phenoxy) is 3. The molecule has 3 heterocycles. The highest BCUT2D eigenvalue weighted by molar-refractivity contribution is 5.98. The molecular weight excluding hydrogens is 698 g/mol. The average molecular weight is 750 g/mol. The Morgan fingerprint density at radius 1 is 1.00 bits per heavy atom. The topological polar surface area (TPSA) is 135 Å². The molecule has 290 valence electrons. The number of methoxy groups -OCH3 is 1. The third kappa shape index (κ3) is 8.29. The van der Waals surface area contributed by atoms with Gasteiger partial charge in [-0.3, -0.25) is 19.2 Å². The number of hydrogen-bond donors (Lipinski definition) is 2. The number of hydrogen-bond acceptors (Lipinski definition) is 8. The minimum absolute atomic E-state index is 0.0478. The van der Waals surface area contributed by atoms with E-state index in [0.717, 1.165) is 11.1 Å². The maximum absolute atomic E-state index is 15.0. The summed E-state index contributed by atoms with van der Waals surface area (Å²) >= 11 is 0. The van der Waals surface area contributed by atoms with Crippen LogP contribution in [0.1, 0.15) is 48.5 Å². The lowest BCUT2D eigenvalue weighted by atomic mass is 9.70. The zero-order chi connectivity index (χ0) is 39.0. The molecule has 0 aromatic heterocycles. The fourth-order valence-electron chi connectivity index (χ4n) is 8.66. The Labute approximate surface area is 322 Å². The zero-order valence-corrected chi connectivity index (χ0v) is 31.3. The normalized spacial score (nSPS) is 24.0. The summed E-state index contributed by atoms with van der Waals surface area (Å²) in [6, 6.07) is 25.5. The number of allylic oxidation sites excluding steroid dienone is 1. The Bertz CT molecular complexity index is 1810. The highest BCUT2D eigenvalue weighted by Crippen LogP contribution is 2.59. The first-order chi connectivity index (χ1) is 26.8. The number of nitrogens with zero attached hydrogens (tertiary/aromatic N) is 2. The van der Waals surface area contributed by atoms with E-state index in [1.54, 1.807) is 17.1 Å². The molecule has 3 amide bonds. The van der Waals surface area contributed by atoms with Gasteiger partial charge in [0, 0.05) is 26.6 Å². The van der Waals surface area contributed by atoms with Crippen LogP contribution in [0.5, 0.6) is 0 Å². The number of fused-ring (bicyclic) bond motifs is 1. The van der Waals surface area contributed by atoms with Crippen molar-refractivity contribution >= 4 is 23.7 Å². The maximum atomic E-state index is 15.0. The first-order valence-corrected chi connectivity index (χ1v) is 19.0. The van der Waals surface area contributed by atoms with Crippen molar-refractivity contribution in [2.45, 2.75) is 74.6 Å². The molecule has 1 spiro atoms. The Balaban J connectivity index is 1.37. The summed E-state index contributed by atoms with van der Waals surface area (Å²) in [7, 11) is 1.50. The molecule has 2 bridgehead atoms. The van der Waals surface area contributed by atoms with E-state index in [2.05, 4.69) is 18.5 Å². The van der Waals surface area contributed by atoms with Crippen molar-refractivity contribution in [1.82, 2.24) is 15.1 Å². The monoisotopic (exact) mass is 749 g/mol. The van der Waals surface area contributed by atoms with Gasteiger partial charge in [0.1, 0.15) is 17.7 Å². The number of nitrogens with one attached hydrogen (secondary N) is 1. The standard InChI is InChI=1S/C44H51N3O8/c1-4-6-22-36(49)45-34(29-53-3)39(32-20-14-9-15-21-32)54-43(52)37-35-23-24-44(55-35)38(37)41(50)47(33(28-48)26-30-16-10-7-11-17-30)40(44)42(51)46(25-5-2)27-31-18-12-8-13-19-31/h4-5,7-21,33-35,37-40,48H,1-2,6,22-29H2,3H3,(H,45,49)/t33-,34-,35-,37+,38+,39-,40-,44+/m1/s1. The third-order valence-corrected chi connectivity index (χ3v) is 11.0. The van der Waals surface area contributed by atoms with Crippen LogP contribution in [0.25, 0.3) is 0 Å². The first kappa shape index (κ1) is 39.6. The Morgan fingerprint density at radius 2 is 1.65 bits per heavy atom. The van der Waals surface area contributed by atoms with Crippen molar-refractivity contribution in [1.29, 1.82) is 0 Å². The van der Waals surface area contributed by atoms with Crippen LogP contribution in [0.4, 0.5) is 0 Å². The number of aliphatic hydroxyl groups excluding tert-OH is 1. The fourth-order valence-corrected chi connectivity index (χ4v) is 8.66. The highest BCUT2D eigenvalue weighted by atomic mass is 16.6. The molecule has 3 aliphatic rings. The number of benzene rings is 3. The van der Waals surface area contributed by atoms with E-state index in [4.69, 9.17) is 14.2 Å². The van der Waals surface area contributed by atoms with Crippen LogP contribution in [0.15, 0.2) is 116 Å². The van der Waals surface area contributed by atoms with Gasteiger partial charge < -0.3 is 34.4 Å². The fraction of sp³-hybridized carbons (Fsp3) is 0.409. The SMILES string of the molecule is C=CCCC(=O)N[C@H](COC)[C@H](OC(=O)[C@@H]1[C@H]2C(=O)N([C@@H](CO)Cc3ccccc3)[C@H](C(=O)N(CC=C)Cc3ccccc3)[C@]23CC[C@H]1O3)c1ccccc1. The molecule has 0 aliphatic carbocycles. The summed E-state index contributed by atoms with van der Waals surface area (Å²) in [5.74, 6) is -3.77. The summed E-state index contributed by atoms with van der Waals surface area (Å²) in [5, 5.41) is 13.9. The van der Waals surface area contributed by atoms with Crippen molar-refractivity contribution in [2.75, 3.05) is 26.9 Å².